The van der Waals surface area contributed by atoms with Crippen LogP contribution in [0.25, 0.3) is 114 Å². The Morgan fingerprint density at radius 3 is 1.34 bits per heavy atom. The lowest BCUT2D eigenvalue weighted by atomic mass is 10.0. The van der Waals surface area contributed by atoms with Gasteiger partial charge in [-0.3, -0.25) is 0 Å². The van der Waals surface area contributed by atoms with Gasteiger partial charge in [0.05, 0.1) is 38.8 Å². The summed E-state index contributed by atoms with van der Waals surface area (Å²) in [7, 11) is 0. The van der Waals surface area contributed by atoms with Crippen molar-refractivity contribution in [2.45, 2.75) is 0 Å². The molecule has 0 bridgehead atoms. The van der Waals surface area contributed by atoms with Crippen molar-refractivity contribution in [1.82, 2.24) is 13.7 Å². The molecule has 0 saturated heterocycles. The first-order valence-corrected chi connectivity index (χ1v) is 20.7. The highest BCUT2D eigenvalue weighted by Crippen LogP contribution is 2.45. The van der Waals surface area contributed by atoms with Crippen molar-refractivity contribution in [2.75, 3.05) is 0 Å². The number of fused-ring (bicyclic) bond motifs is 12. The normalized spacial score (nSPS) is 12.1. The summed E-state index contributed by atoms with van der Waals surface area (Å²) in [4.78, 5) is 0. The molecule has 0 aliphatic carbocycles. The van der Waals surface area contributed by atoms with Gasteiger partial charge in [-0.15, -0.1) is 11.3 Å². The molecule has 0 spiro atoms. The van der Waals surface area contributed by atoms with E-state index in [1.807, 2.05) is 11.3 Å². The van der Waals surface area contributed by atoms with Crippen LogP contribution in [0.4, 0.5) is 0 Å². The molecule has 4 aromatic heterocycles. The maximum atomic E-state index is 2.49. The van der Waals surface area contributed by atoms with Crippen molar-refractivity contribution < 1.29 is 0 Å². The first-order chi connectivity index (χ1) is 28.8. The highest BCUT2D eigenvalue weighted by Gasteiger charge is 2.21. The average Bonchev–Trinajstić information content (AvgIpc) is 4.03. The number of para-hydroxylation sites is 4. The van der Waals surface area contributed by atoms with Crippen LogP contribution in [-0.4, -0.2) is 13.7 Å². The van der Waals surface area contributed by atoms with Crippen LogP contribution in [0.5, 0.6) is 0 Å². The number of thiophene rings is 1. The molecule has 13 rings (SSSR count). The zero-order valence-electron chi connectivity index (χ0n) is 31.3. The Kier molecular flexibility index (Phi) is 6.60. The number of hydrogen-bond donors (Lipinski definition) is 0. The number of aromatic nitrogens is 3. The molecular weight excluding hydrogens is 723 g/mol. The Labute approximate surface area is 337 Å². The molecule has 270 valence electrons. The van der Waals surface area contributed by atoms with Crippen molar-refractivity contribution in [3.63, 3.8) is 0 Å². The number of benzene rings is 9. The fraction of sp³-hybridized carbons (Fsp3) is 0. The van der Waals surface area contributed by atoms with Gasteiger partial charge in [-0.2, -0.15) is 0 Å². The maximum absolute atomic E-state index is 2.49. The van der Waals surface area contributed by atoms with E-state index in [4.69, 9.17) is 0 Å². The van der Waals surface area contributed by atoms with Gasteiger partial charge >= 0.3 is 0 Å². The molecule has 0 N–H and O–H groups in total. The summed E-state index contributed by atoms with van der Waals surface area (Å²) in [6.45, 7) is 0. The van der Waals surface area contributed by atoms with E-state index in [9.17, 15) is 0 Å². The fourth-order valence-corrected chi connectivity index (χ4v) is 11.1. The summed E-state index contributed by atoms with van der Waals surface area (Å²) >= 11 is 1.89. The molecule has 3 nitrogen and oxygen atoms in total. The van der Waals surface area contributed by atoms with Gasteiger partial charge in [-0.1, -0.05) is 127 Å². The van der Waals surface area contributed by atoms with Crippen LogP contribution >= 0.6 is 11.3 Å². The summed E-state index contributed by atoms with van der Waals surface area (Å²) < 4.78 is 9.97. The van der Waals surface area contributed by atoms with Crippen LogP contribution < -0.4 is 0 Å². The second-order valence-electron chi connectivity index (χ2n) is 15.3. The predicted molar refractivity (Wildman–Crippen MR) is 248 cm³/mol. The van der Waals surface area contributed by atoms with Gasteiger partial charge in [0.1, 0.15) is 0 Å². The van der Waals surface area contributed by atoms with E-state index in [1.54, 1.807) is 0 Å². The molecule has 0 amide bonds. The second-order valence-corrected chi connectivity index (χ2v) is 16.3. The third kappa shape index (κ3) is 4.38. The summed E-state index contributed by atoms with van der Waals surface area (Å²) in [5, 5.41) is 10.1. The lowest BCUT2D eigenvalue weighted by Gasteiger charge is -2.12. The molecule has 0 aliphatic rings. The Balaban J connectivity index is 1.03. The third-order valence-electron chi connectivity index (χ3n) is 12.2. The highest BCUT2D eigenvalue weighted by atomic mass is 32.1. The first kappa shape index (κ1) is 31.8. The standard InChI is InChI=1S/C54H33N3S/c1-2-14-34(15-3-1)37-20-12-21-42-53-51(26-13-27-52(53)58-54(37)42)57-48-25-11-7-19-41(48)44-33-36(29-31-50(44)57)56-47-24-10-6-18-40(47)43-32-35(28-30-49(43)56)55-45-22-8-4-16-38(45)39-17-5-9-23-46(39)55/h1-33H. The second kappa shape index (κ2) is 12.1. The smallest absolute Gasteiger partial charge is 0.0555 e. The molecule has 0 aliphatic heterocycles. The van der Waals surface area contributed by atoms with Crippen LogP contribution in [0.1, 0.15) is 0 Å². The summed E-state index contributed by atoms with van der Waals surface area (Å²) in [5.74, 6) is 0. The van der Waals surface area contributed by atoms with E-state index in [-0.39, 0.29) is 0 Å². The molecule has 0 radical (unpaired) electrons. The van der Waals surface area contributed by atoms with Crippen molar-refractivity contribution in [2.24, 2.45) is 0 Å². The quantitative estimate of drug-likeness (QED) is 0.170. The minimum Gasteiger partial charge on any atom is -0.309 e. The Morgan fingerprint density at radius 1 is 0.310 bits per heavy atom. The molecule has 9 aromatic carbocycles. The zero-order valence-corrected chi connectivity index (χ0v) is 32.1. The van der Waals surface area contributed by atoms with Crippen molar-refractivity contribution in [1.29, 1.82) is 0 Å². The van der Waals surface area contributed by atoms with Gasteiger partial charge in [0.25, 0.3) is 0 Å². The summed E-state index contributed by atoms with van der Waals surface area (Å²) in [6, 6.07) is 73.6. The summed E-state index contributed by atoms with van der Waals surface area (Å²) in [6.07, 6.45) is 0. The maximum Gasteiger partial charge on any atom is 0.0555 e. The van der Waals surface area contributed by atoms with Crippen LogP contribution in [0, 0.1) is 0 Å². The monoisotopic (exact) mass is 755 g/mol. The van der Waals surface area contributed by atoms with Crippen molar-refractivity contribution in [3.8, 4) is 28.2 Å². The zero-order chi connectivity index (χ0) is 37.9. The molecule has 4 heterocycles. The van der Waals surface area contributed by atoms with E-state index < -0.39 is 0 Å². The Morgan fingerprint density at radius 2 is 0.759 bits per heavy atom. The van der Waals surface area contributed by atoms with E-state index >= 15 is 0 Å². The molecule has 58 heavy (non-hydrogen) atoms. The van der Waals surface area contributed by atoms with Gasteiger partial charge in [0.15, 0.2) is 0 Å². The lowest BCUT2D eigenvalue weighted by Crippen LogP contribution is -1.97. The molecule has 0 unspecified atom stereocenters. The van der Waals surface area contributed by atoms with E-state index in [2.05, 4.69) is 214 Å². The van der Waals surface area contributed by atoms with Crippen LogP contribution in [0.2, 0.25) is 0 Å². The van der Waals surface area contributed by atoms with Crippen LogP contribution in [-0.2, 0) is 0 Å². The van der Waals surface area contributed by atoms with E-state index in [1.165, 1.54) is 102 Å². The van der Waals surface area contributed by atoms with Crippen molar-refractivity contribution >= 4 is 96.9 Å². The minimum atomic E-state index is 1.15. The predicted octanol–water partition coefficient (Wildman–Crippen LogP) is 15.0. The lowest BCUT2D eigenvalue weighted by molar-refractivity contribution is 1.16. The Bertz CT molecular complexity index is 3750. The molecule has 4 heteroatoms. The SMILES string of the molecule is c1ccc(-c2cccc3c2sc2cccc(-n4c5ccccc5c5cc(-n6c7ccccc7c7cc(-n8c9ccccc9c9ccccc98)ccc76)ccc54)c23)cc1. The van der Waals surface area contributed by atoms with Crippen LogP contribution in [0.15, 0.2) is 200 Å². The molecule has 0 fully saturated rings. The largest absolute Gasteiger partial charge is 0.309 e. The number of rotatable bonds is 4. The van der Waals surface area contributed by atoms with E-state index in [0.29, 0.717) is 0 Å². The Hall–Kier alpha value is -7.40. The van der Waals surface area contributed by atoms with Gasteiger partial charge < -0.3 is 13.7 Å². The van der Waals surface area contributed by atoms with E-state index in [0.717, 1.165) is 11.4 Å². The topological polar surface area (TPSA) is 14.8 Å². The first-order valence-electron chi connectivity index (χ1n) is 19.9. The minimum absolute atomic E-state index is 1.15. The fourth-order valence-electron chi connectivity index (χ4n) is 9.80. The average molecular weight is 756 g/mol. The van der Waals surface area contributed by atoms with Gasteiger partial charge in [0.2, 0.25) is 0 Å². The van der Waals surface area contributed by atoms with Gasteiger partial charge in [-0.25, -0.2) is 0 Å². The number of hydrogen-bond acceptors (Lipinski definition) is 1. The third-order valence-corrected chi connectivity index (χ3v) is 13.4. The molecule has 0 saturated carbocycles. The van der Waals surface area contributed by atoms with Gasteiger partial charge in [0, 0.05) is 63.9 Å². The summed E-state index contributed by atoms with van der Waals surface area (Å²) in [5.41, 5.74) is 13.3. The van der Waals surface area contributed by atoms with Gasteiger partial charge in [-0.05, 0) is 83.9 Å². The molecular formula is C54H33N3S. The molecule has 13 aromatic rings. The van der Waals surface area contributed by atoms with Crippen LogP contribution in [0.3, 0.4) is 0 Å². The number of nitrogens with zero attached hydrogens (tertiary/aromatic N) is 3. The van der Waals surface area contributed by atoms with Crippen molar-refractivity contribution in [3.05, 3.63) is 200 Å². The molecule has 0 atom stereocenters. The highest BCUT2D eigenvalue weighted by molar-refractivity contribution is 7.26.